The van der Waals surface area contributed by atoms with Gasteiger partial charge in [0.15, 0.2) is 4.34 Å². The van der Waals surface area contributed by atoms with Crippen LogP contribution in [0, 0.1) is 17.0 Å². The number of amides is 1. The highest BCUT2D eigenvalue weighted by Gasteiger charge is 2.06. The Morgan fingerprint density at radius 3 is 3.05 bits per heavy atom. The predicted octanol–water partition coefficient (Wildman–Crippen LogP) is 2.00. The highest BCUT2D eigenvalue weighted by molar-refractivity contribution is 8.01. The maximum Gasteiger partial charge on any atom is 0.270 e. The Hall–Kier alpha value is -2.33. The molecule has 1 aromatic carbocycles. The van der Waals surface area contributed by atoms with Gasteiger partial charge in [0.25, 0.3) is 11.6 Å². The van der Waals surface area contributed by atoms with Crippen molar-refractivity contribution in [2.45, 2.75) is 11.3 Å². The van der Waals surface area contributed by atoms with E-state index in [1.807, 2.05) is 6.92 Å². The number of carbonyl (C=O) groups is 1. The van der Waals surface area contributed by atoms with Gasteiger partial charge < -0.3 is 0 Å². The maximum absolute atomic E-state index is 11.6. The molecule has 1 N–H and O–H groups in total. The minimum atomic E-state index is -0.489. The van der Waals surface area contributed by atoms with E-state index in [9.17, 15) is 14.9 Å². The van der Waals surface area contributed by atoms with Crippen molar-refractivity contribution in [2.24, 2.45) is 5.10 Å². The average molecular weight is 337 g/mol. The van der Waals surface area contributed by atoms with Crippen LogP contribution >= 0.6 is 23.1 Å². The van der Waals surface area contributed by atoms with E-state index in [1.54, 1.807) is 12.1 Å². The van der Waals surface area contributed by atoms with Gasteiger partial charge in [-0.05, 0) is 6.92 Å². The number of aryl methyl sites for hydroxylation is 1. The van der Waals surface area contributed by atoms with Crippen LogP contribution in [0.2, 0.25) is 0 Å². The molecular formula is C12H11N5O3S2. The zero-order valence-corrected chi connectivity index (χ0v) is 13.1. The standard InChI is InChI=1S/C12H11N5O3S2/c1-8-14-16-12(22-8)21-7-11(18)15-13-6-9-3-2-4-10(5-9)17(19)20/h2-6H,7H2,1H3,(H,15,18)/b13-6-. The molecule has 114 valence electrons. The lowest BCUT2D eigenvalue weighted by Crippen LogP contribution is -2.19. The molecule has 0 saturated carbocycles. The summed E-state index contributed by atoms with van der Waals surface area (Å²) in [6.07, 6.45) is 1.35. The van der Waals surface area contributed by atoms with Gasteiger partial charge in [-0.2, -0.15) is 5.10 Å². The quantitative estimate of drug-likeness (QED) is 0.373. The number of rotatable bonds is 6. The smallest absolute Gasteiger partial charge is 0.270 e. The highest BCUT2D eigenvalue weighted by Crippen LogP contribution is 2.21. The molecule has 0 aliphatic heterocycles. The SMILES string of the molecule is Cc1nnc(SCC(=O)N/N=C\c2cccc([N+](=O)[O-])c2)s1. The normalized spacial score (nSPS) is 10.8. The summed E-state index contributed by atoms with van der Waals surface area (Å²) in [5, 5.41) is 23.0. The number of nitro benzene ring substituents is 1. The van der Waals surface area contributed by atoms with Crippen molar-refractivity contribution in [3.8, 4) is 0 Å². The van der Waals surface area contributed by atoms with Gasteiger partial charge in [-0.3, -0.25) is 14.9 Å². The monoisotopic (exact) mass is 337 g/mol. The van der Waals surface area contributed by atoms with E-state index in [-0.39, 0.29) is 17.3 Å². The fraction of sp³-hybridized carbons (Fsp3) is 0.167. The Kier molecular flexibility index (Phi) is 5.55. The molecule has 2 aromatic rings. The van der Waals surface area contributed by atoms with Gasteiger partial charge in [0.2, 0.25) is 0 Å². The summed E-state index contributed by atoms with van der Waals surface area (Å²) in [6, 6.07) is 5.96. The van der Waals surface area contributed by atoms with E-state index in [0.717, 1.165) is 9.35 Å². The molecule has 8 nitrogen and oxygen atoms in total. The number of hydrogen-bond donors (Lipinski definition) is 1. The van der Waals surface area contributed by atoms with Gasteiger partial charge >= 0.3 is 0 Å². The summed E-state index contributed by atoms with van der Waals surface area (Å²) in [5.74, 6) is -0.125. The average Bonchev–Trinajstić information content (AvgIpc) is 2.91. The third kappa shape index (κ3) is 4.90. The van der Waals surface area contributed by atoms with Crippen LogP contribution in [0.15, 0.2) is 33.7 Å². The third-order valence-corrected chi connectivity index (χ3v) is 4.29. The minimum absolute atomic E-state index is 0.0301. The third-order valence-electron chi connectivity index (χ3n) is 2.32. The molecule has 10 heteroatoms. The summed E-state index contributed by atoms with van der Waals surface area (Å²) in [4.78, 5) is 21.7. The lowest BCUT2D eigenvalue weighted by atomic mass is 10.2. The number of carbonyl (C=O) groups excluding carboxylic acids is 1. The van der Waals surface area contributed by atoms with Gasteiger partial charge in [-0.15, -0.1) is 10.2 Å². The number of nitrogens with zero attached hydrogens (tertiary/aromatic N) is 4. The van der Waals surface area contributed by atoms with Crippen molar-refractivity contribution in [1.82, 2.24) is 15.6 Å². The lowest BCUT2D eigenvalue weighted by molar-refractivity contribution is -0.384. The molecule has 0 bridgehead atoms. The van der Waals surface area contributed by atoms with Crippen LogP contribution in [0.3, 0.4) is 0 Å². The fourth-order valence-electron chi connectivity index (χ4n) is 1.39. The Morgan fingerprint density at radius 2 is 2.36 bits per heavy atom. The van der Waals surface area contributed by atoms with Crippen LogP contribution in [0.25, 0.3) is 0 Å². The fourth-order valence-corrected chi connectivity index (χ4v) is 3.00. The second-order valence-corrected chi connectivity index (χ2v) is 6.43. The van der Waals surface area contributed by atoms with E-state index in [4.69, 9.17) is 0 Å². The van der Waals surface area contributed by atoms with Crippen LogP contribution in [0.4, 0.5) is 5.69 Å². The Bertz CT molecular complexity index is 716. The second kappa shape index (κ2) is 7.61. The first-order valence-corrected chi connectivity index (χ1v) is 7.84. The van der Waals surface area contributed by atoms with Crippen molar-refractivity contribution in [2.75, 3.05) is 5.75 Å². The number of nitro groups is 1. The van der Waals surface area contributed by atoms with Crippen LogP contribution < -0.4 is 5.43 Å². The molecule has 0 saturated heterocycles. The molecular weight excluding hydrogens is 326 g/mol. The Labute approximate surface area is 133 Å². The van der Waals surface area contributed by atoms with Crippen molar-refractivity contribution < 1.29 is 9.72 Å². The molecule has 0 aliphatic carbocycles. The number of nitrogens with one attached hydrogen (secondary N) is 1. The Balaban J connectivity index is 1.82. The maximum atomic E-state index is 11.6. The van der Waals surface area contributed by atoms with Crippen molar-refractivity contribution in [1.29, 1.82) is 0 Å². The van der Waals surface area contributed by atoms with Crippen LogP contribution in [-0.4, -0.2) is 33.0 Å². The first-order valence-electron chi connectivity index (χ1n) is 6.04. The number of benzene rings is 1. The van der Waals surface area contributed by atoms with E-state index in [2.05, 4.69) is 20.7 Å². The summed E-state index contributed by atoms with van der Waals surface area (Å²) in [5.41, 5.74) is 2.85. The van der Waals surface area contributed by atoms with Crippen LogP contribution in [0.1, 0.15) is 10.6 Å². The Morgan fingerprint density at radius 1 is 1.55 bits per heavy atom. The van der Waals surface area contributed by atoms with E-state index >= 15 is 0 Å². The van der Waals surface area contributed by atoms with Crippen molar-refractivity contribution in [3.05, 3.63) is 45.0 Å². The number of non-ortho nitro benzene ring substituents is 1. The molecule has 0 unspecified atom stereocenters. The molecule has 0 atom stereocenters. The molecule has 0 radical (unpaired) electrons. The van der Waals surface area contributed by atoms with Gasteiger partial charge in [-0.1, -0.05) is 35.2 Å². The number of aromatic nitrogens is 2. The molecule has 2 rings (SSSR count). The van der Waals surface area contributed by atoms with Crippen molar-refractivity contribution in [3.63, 3.8) is 0 Å². The molecule has 1 heterocycles. The summed E-state index contributed by atoms with van der Waals surface area (Å²) >= 11 is 2.68. The summed E-state index contributed by atoms with van der Waals surface area (Å²) < 4.78 is 0.718. The van der Waals surface area contributed by atoms with Gasteiger partial charge in [0, 0.05) is 17.7 Å². The number of hydrogen-bond acceptors (Lipinski definition) is 8. The molecule has 0 spiro atoms. The van der Waals surface area contributed by atoms with Crippen LogP contribution in [0.5, 0.6) is 0 Å². The van der Waals surface area contributed by atoms with Crippen molar-refractivity contribution >= 4 is 40.9 Å². The molecule has 1 aromatic heterocycles. The van der Waals surface area contributed by atoms with Gasteiger partial charge in [0.1, 0.15) is 5.01 Å². The second-order valence-electron chi connectivity index (χ2n) is 4.02. The van der Waals surface area contributed by atoms with Crippen LogP contribution in [-0.2, 0) is 4.79 Å². The molecule has 0 aliphatic rings. The molecule has 0 fully saturated rings. The topological polar surface area (TPSA) is 110 Å². The summed E-state index contributed by atoms with van der Waals surface area (Å²) in [7, 11) is 0. The summed E-state index contributed by atoms with van der Waals surface area (Å²) in [6.45, 7) is 1.84. The highest BCUT2D eigenvalue weighted by atomic mass is 32.2. The first-order chi connectivity index (χ1) is 10.5. The number of thioether (sulfide) groups is 1. The zero-order chi connectivity index (χ0) is 15.9. The minimum Gasteiger partial charge on any atom is -0.272 e. The van der Waals surface area contributed by atoms with Gasteiger partial charge in [0.05, 0.1) is 16.9 Å². The number of hydrazone groups is 1. The largest absolute Gasteiger partial charge is 0.272 e. The van der Waals surface area contributed by atoms with E-state index in [0.29, 0.717) is 5.56 Å². The first kappa shape index (κ1) is 16.0. The van der Waals surface area contributed by atoms with Gasteiger partial charge in [-0.25, -0.2) is 5.43 Å². The molecule has 1 amide bonds. The molecule has 22 heavy (non-hydrogen) atoms. The zero-order valence-electron chi connectivity index (χ0n) is 11.4. The lowest BCUT2D eigenvalue weighted by Gasteiger charge is -1.97. The predicted molar refractivity (Wildman–Crippen MR) is 84.2 cm³/mol. The van der Waals surface area contributed by atoms with E-state index in [1.165, 1.54) is 41.4 Å². The van der Waals surface area contributed by atoms with E-state index < -0.39 is 4.92 Å².